The average Bonchev–Trinajstić information content (AvgIpc) is 2.62. The van der Waals surface area contributed by atoms with E-state index in [9.17, 15) is 0 Å². The van der Waals surface area contributed by atoms with Gasteiger partial charge in [0.2, 0.25) is 0 Å². The van der Waals surface area contributed by atoms with Crippen LogP contribution in [0.3, 0.4) is 0 Å². The maximum atomic E-state index is 5.40. The lowest BCUT2D eigenvalue weighted by molar-refractivity contribution is 0.476. The fourth-order valence-corrected chi connectivity index (χ4v) is 2.15. The first-order valence-electron chi connectivity index (χ1n) is 6.88. The minimum absolute atomic E-state index is 0.595. The minimum atomic E-state index is 0.595. The van der Waals surface area contributed by atoms with Crippen molar-refractivity contribution in [2.75, 3.05) is 13.6 Å². The van der Waals surface area contributed by atoms with Gasteiger partial charge in [-0.15, -0.1) is 0 Å². The van der Waals surface area contributed by atoms with Crippen LogP contribution >= 0.6 is 12.2 Å². The largest absolute Gasteiger partial charge is 0.362 e. The number of thiocarbonyl (C=S) groups is 1. The molecule has 0 spiro atoms. The molecule has 0 aliphatic heterocycles. The third kappa shape index (κ3) is 4.20. The van der Waals surface area contributed by atoms with Crippen molar-refractivity contribution in [1.29, 1.82) is 0 Å². The molecule has 0 radical (unpaired) electrons. The van der Waals surface area contributed by atoms with Crippen molar-refractivity contribution in [3.8, 4) is 0 Å². The Labute approximate surface area is 122 Å². The summed E-state index contributed by atoms with van der Waals surface area (Å²) in [5.74, 6) is 0.595. The molecule has 0 bridgehead atoms. The lowest BCUT2D eigenvalue weighted by Crippen LogP contribution is -2.38. The van der Waals surface area contributed by atoms with Crippen LogP contribution in [0.15, 0.2) is 0 Å². The Bertz CT molecular complexity index is 437. The van der Waals surface area contributed by atoms with Crippen molar-refractivity contribution in [2.24, 2.45) is 5.92 Å². The van der Waals surface area contributed by atoms with Crippen LogP contribution in [0.4, 0.5) is 0 Å². The Morgan fingerprint density at radius 3 is 2.53 bits per heavy atom. The van der Waals surface area contributed by atoms with Crippen molar-refractivity contribution in [1.82, 2.24) is 20.0 Å². The molecule has 0 unspecified atom stereocenters. The highest BCUT2D eigenvalue weighted by atomic mass is 32.1. The summed E-state index contributed by atoms with van der Waals surface area (Å²) >= 11 is 5.40. The Morgan fingerprint density at radius 2 is 2.05 bits per heavy atom. The molecule has 1 aromatic heterocycles. The third-order valence-electron chi connectivity index (χ3n) is 3.23. The number of aryl methyl sites for hydroxylation is 2. The van der Waals surface area contributed by atoms with Gasteiger partial charge in [-0.05, 0) is 38.9 Å². The molecule has 0 aliphatic rings. The van der Waals surface area contributed by atoms with Crippen LogP contribution in [0.5, 0.6) is 0 Å². The van der Waals surface area contributed by atoms with Crippen LogP contribution in [-0.4, -0.2) is 33.4 Å². The normalized spacial score (nSPS) is 10.9. The van der Waals surface area contributed by atoms with Crippen molar-refractivity contribution in [2.45, 2.75) is 47.7 Å². The summed E-state index contributed by atoms with van der Waals surface area (Å²) in [4.78, 5) is 2.08. The number of aromatic nitrogens is 2. The number of hydrogen-bond donors (Lipinski definition) is 1. The maximum absolute atomic E-state index is 5.40. The molecule has 0 fully saturated rings. The fraction of sp³-hybridized carbons (Fsp3) is 0.714. The molecule has 19 heavy (non-hydrogen) atoms. The molecule has 0 saturated carbocycles. The van der Waals surface area contributed by atoms with Crippen molar-refractivity contribution < 1.29 is 0 Å². The predicted octanol–water partition coefficient (Wildman–Crippen LogP) is 2.48. The summed E-state index contributed by atoms with van der Waals surface area (Å²) in [6.45, 7) is 13.3. The first kappa shape index (κ1) is 16.0. The van der Waals surface area contributed by atoms with Gasteiger partial charge in [-0.1, -0.05) is 13.8 Å². The molecule has 5 heteroatoms. The van der Waals surface area contributed by atoms with Gasteiger partial charge < -0.3 is 10.2 Å². The first-order valence-corrected chi connectivity index (χ1v) is 7.29. The Hall–Kier alpha value is -1.10. The number of hydrogen-bond acceptors (Lipinski definition) is 2. The lowest BCUT2D eigenvalue weighted by atomic mass is 10.2. The summed E-state index contributed by atoms with van der Waals surface area (Å²) in [5, 5.41) is 8.64. The third-order valence-corrected chi connectivity index (χ3v) is 3.69. The van der Waals surface area contributed by atoms with Crippen LogP contribution in [0, 0.1) is 19.8 Å². The van der Waals surface area contributed by atoms with Gasteiger partial charge in [0.15, 0.2) is 5.11 Å². The second kappa shape index (κ2) is 6.89. The molecule has 1 aromatic rings. The zero-order valence-electron chi connectivity index (χ0n) is 12.9. The zero-order chi connectivity index (χ0) is 14.6. The number of nitrogens with zero attached hydrogens (tertiary/aromatic N) is 3. The molecule has 0 saturated heterocycles. The molecule has 1 rings (SSSR count). The number of rotatable bonds is 5. The van der Waals surface area contributed by atoms with E-state index in [2.05, 4.69) is 49.9 Å². The molecule has 1 heterocycles. The molecular weight excluding hydrogens is 256 g/mol. The van der Waals surface area contributed by atoms with E-state index in [-0.39, 0.29) is 0 Å². The van der Waals surface area contributed by atoms with Crippen molar-refractivity contribution in [3.05, 3.63) is 17.0 Å². The highest BCUT2D eigenvalue weighted by Gasteiger charge is 2.14. The predicted molar refractivity (Wildman–Crippen MR) is 84.3 cm³/mol. The minimum Gasteiger partial charge on any atom is -0.362 e. The van der Waals surface area contributed by atoms with E-state index in [1.54, 1.807) is 0 Å². The fourth-order valence-electron chi connectivity index (χ4n) is 2.01. The zero-order valence-corrected chi connectivity index (χ0v) is 13.8. The lowest BCUT2D eigenvalue weighted by Gasteiger charge is -2.22. The van der Waals surface area contributed by atoms with Crippen LogP contribution in [0.25, 0.3) is 0 Å². The van der Waals surface area contributed by atoms with Gasteiger partial charge in [0.1, 0.15) is 0 Å². The topological polar surface area (TPSA) is 33.1 Å². The molecule has 0 atom stereocenters. The van der Waals surface area contributed by atoms with Crippen LogP contribution in [0.1, 0.15) is 37.7 Å². The molecule has 1 N–H and O–H groups in total. The molecule has 4 nitrogen and oxygen atoms in total. The van der Waals surface area contributed by atoms with Crippen LogP contribution < -0.4 is 5.32 Å². The highest BCUT2D eigenvalue weighted by Crippen LogP contribution is 2.15. The average molecular weight is 282 g/mol. The second-order valence-electron chi connectivity index (χ2n) is 5.40. The standard InChI is InChI=1S/C14H26N4S/c1-7-18-12(5)13(11(4)16-18)9-17(6)14(19)15-8-10(2)3/h10H,7-9H2,1-6H3,(H,15,19). The van der Waals surface area contributed by atoms with Gasteiger partial charge in [-0.2, -0.15) is 5.10 Å². The molecule has 108 valence electrons. The van der Waals surface area contributed by atoms with Crippen LogP contribution in [0.2, 0.25) is 0 Å². The summed E-state index contributed by atoms with van der Waals surface area (Å²) in [7, 11) is 2.03. The van der Waals surface area contributed by atoms with Gasteiger partial charge in [-0.3, -0.25) is 4.68 Å². The van der Waals surface area contributed by atoms with Gasteiger partial charge in [-0.25, -0.2) is 0 Å². The molecule has 0 aromatic carbocycles. The Kier molecular flexibility index (Phi) is 5.79. The van der Waals surface area contributed by atoms with Crippen molar-refractivity contribution in [3.63, 3.8) is 0 Å². The van der Waals surface area contributed by atoms with Gasteiger partial charge in [0, 0.05) is 37.9 Å². The SMILES string of the molecule is CCn1nc(C)c(CN(C)C(=S)NCC(C)C)c1C. The summed E-state index contributed by atoms with van der Waals surface area (Å²) in [5.41, 5.74) is 3.61. The maximum Gasteiger partial charge on any atom is 0.168 e. The molecule has 0 amide bonds. The van der Waals surface area contributed by atoms with Gasteiger partial charge in [0.05, 0.1) is 5.69 Å². The first-order chi connectivity index (χ1) is 8.86. The van der Waals surface area contributed by atoms with Crippen molar-refractivity contribution >= 4 is 17.3 Å². The summed E-state index contributed by atoms with van der Waals surface area (Å²) in [6.07, 6.45) is 0. The van der Waals surface area contributed by atoms with Gasteiger partial charge >= 0.3 is 0 Å². The smallest absolute Gasteiger partial charge is 0.168 e. The summed E-state index contributed by atoms with van der Waals surface area (Å²) in [6, 6.07) is 0. The Morgan fingerprint density at radius 1 is 1.42 bits per heavy atom. The highest BCUT2D eigenvalue weighted by molar-refractivity contribution is 7.80. The van der Waals surface area contributed by atoms with E-state index < -0.39 is 0 Å². The second-order valence-corrected chi connectivity index (χ2v) is 5.79. The van der Waals surface area contributed by atoms with E-state index in [0.717, 1.165) is 30.4 Å². The van der Waals surface area contributed by atoms with E-state index >= 15 is 0 Å². The number of nitrogens with one attached hydrogen (secondary N) is 1. The van der Waals surface area contributed by atoms with E-state index in [0.29, 0.717) is 5.92 Å². The quantitative estimate of drug-likeness (QED) is 0.841. The van der Waals surface area contributed by atoms with E-state index in [1.165, 1.54) is 11.3 Å². The molecular formula is C14H26N4S. The molecule has 0 aliphatic carbocycles. The van der Waals surface area contributed by atoms with Gasteiger partial charge in [0.25, 0.3) is 0 Å². The monoisotopic (exact) mass is 282 g/mol. The van der Waals surface area contributed by atoms with E-state index in [4.69, 9.17) is 12.2 Å². The summed E-state index contributed by atoms with van der Waals surface area (Å²) < 4.78 is 2.04. The van der Waals surface area contributed by atoms with Crippen LogP contribution in [-0.2, 0) is 13.1 Å². The van der Waals surface area contributed by atoms with E-state index in [1.807, 2.05) is 11.7 Å². The Balaban J connectivity index is 2.69.